The van der Waals surface area contributed by atoms with Gasteiger partial charge in [0.2, 0.25) is 11.7 Å². The molecule has 0 spiro atoms. The zero-order chi connectivity index (χ0) is 19.6. The van der Waals surface area contributed by atoms with Crippen molar-refractivity contribution in [3.05, 3.63) is 30.2 Å². The lowest BCUT2D eigenvalue weighted by atomic mass is 10.2. The Morgan fingerprint density at radius 1 is 1.19 bits per heavy atom. The van der Waals surface area contributed by atoms with Gasteiger partial charge < -0.3 is 19.2 Å². The molecule has 0 saturated carbocycles. The Morgan fingerprint density at radius 2 is 1.85 bits per heavy atom. The maximum absolute atomic E-state index is 13.3. The first-order valence-electron chi connectivity index (χ1n) is 7.32. The van der Waals surface area contributed by atoms with Crippen molar-refractivity contribution in [2.45, 2.75) is 11.5 Å². The number of nitrogens with zero attached hydrogens (tertiary/aromatic N) is 2. The van der Waals surface area contributed by atoms with E-state index < -0.39 is 29.2 Å². The summed E-state index contributed by atoms with van der Waals surface area (Å²) >= 11 is 0. The van der Waals surface area contributed by atoms with Crippen molar-refractivity contribution in [1.82, 2.24) is 15.0 Å². The topological polar surface area (TPSA) is 98.4 Å². The van der Waals surface area contributed by atoms with Gasteiger partial charge in [-0.25, -0.2) is 8.60 Å². The number of fused-ring (bicyclic) bond motifs is 1. The van der Waals surface area contributed by atoms with E-state index in [9.17, 15) is 17.4 Å². The van der Waals surface area contributed by atoms with Crippen molar-refractivity contribution in [2.75, 3.05) is 18.9 Å². The number of hydrogen-bond acceptors (Lipinski definition) is 6. The number of alkyl halides is 2. The maximum Gasteiger partial charge on any atom is 0.387 e. The Hall–Kier alpha value is -3.02. The molecule has 2 aromatic heterocycles. The smallest absolute Gasteiger partial charge is 0.387 e. The number of methoxy groups -OCH3 is 2. The van der Waals surface area contributed by atoms with Crippen LogP contribution in [0, 0.1) is 5.82 Å². The number of ether oxygens (including phenoxy) is 3. The molecule has 0 fully saturated rings. The van der Waals surface area contributed by atoms with E-state index in [1.54, 1.807) is 0 Å². The Bertz CT molecular complexity index is 973. The first kappa shape index (κ1) is 18.8. The Morgan fingerprint density at radius 3 is 2.44 bits per heavy atom. The normalized spacial score (nSPS) is 12.2. The molecule has 2 heterocycles. The van der Waals surface area contributed by atoms with E-state index in [1.165, 1.54) is 38.6 Å². The van der Waals surface area contributed by atoms with Crippen LogP contribution in [0.2, 0.25) is 0 Å². The lowest BCUT2D eigenvalue weighted by molar-refractivity contribution is -0.0533. The van der Waals surface area contributed by atoms with Crippen molar-refractivity contribution in [3.8, 4) is 17.5 Å². The summed E-state index contributed by atoms with van der Waals surface area (Å²) in [5.41, 5.74) is 0.455. The quantitative estimate of drug-likeness (QED) is 0.631. The zero-order valence-electron chi connectivity index (χ0n) is 14.0. The fourth-order valence-corrected chi connectivity index (χ4v) is 3.20. The molecule has 1 atom stereocenters. The highest BCUT2D eigenvalue weighted by molar-refractivity contribution is 7.86. The van der Waals surface area contributed by atoms with Crippen LogP contribution in [0.5, 0.6) is 17.5 Å². The monoisotopic (exact) mass is 402 g/mol. The first-order valence-corrected chi connectivity index (χ1v) is 8.47. The predicted molar refractivity (Wildman–Crippen MR) is 90.1 cm³/mol. The molecule has 0 bridgehead atoms. The van der Waals surface area contributed by atoms with Crippen LogP contribution >= 0.6 is 0 Å². The predicted octanol–water partition coefficient (Wildman–Crippen LogP) is 2.85. The van der Waals surface area contributed by atoms with Gasteiger partial charge in [0, 0.05) is 17.1 Å². The summed E-state index contributed by atoms with van der Waals surface area (Å²) in [6.07, 6.45) is 1.44. The standard InChI is InChI=1S/C15H13F3N4O4S/c1-24-12-11(26-14(17)18)13(25-2)21-15(20-12)22-27(23)10-6-19-9-5-7(16)3-4-8(9)10/h3-6,14,19H,1-2H3,(H,20,21,22). The van der Waals surface area contributed by atoms with Crippen molar-refractivity contribution < 1.29 is 31.6 Å². The second kappa shape index (κ2) is 7.70. The fourth-order valence-electron chi connectivity index (χ4n) is 2.29. The summed E-state index contributed by atoms with van der Waals surface area (Å²) in [5.74, 6) is -1.80. The molecule has 0 saturated heterocycles. The molecule has 144 valence electrons. The fraction of sp³-hybridized carbons (Fsp3) is 0.200. The SMILES string of the molecule is COc1nc(NS(=O)c2c[nH]c3cc(F)ccc23)nc(OC)c1OC(F)F. The van der Waals surface area contributed by atoms with Gasteiger partial charge in [0.15, 0.2) is 11.0 Å². The Labute approximate surface area is 153 Å². The molecule has 0 aliphatic carbocycles. The summed E-state index contributed by atoms with van der Waals surface area (Å²) in [4.78, 5) is 10.8. The van der Waals surface area contributed by atoms with Gasteiger partial charge in [0.05, 0.1) is 19.1 Å². The van der Waals surface area contributed by atoms with Crippen LogP contribution in [-0.4, -0.2) is 40.0 Å². The van der Waals surface area contributed by atoms with Gasteiger partial charge in [-0.15, -0.1) is 0 Å². The highest BCUT2D eigenvalue weighted by Gasteiger charge is 2.22. The number of aromatic nitrogens is 3. The van der Waals surface area contributed by atoms with E-state index in [0.29, 0.717) is 15.8 Å². The van der Waals surface area contributed by atoms with Crippen LogP contribution in [0.1, 0.15) is 0 Å². The van der Waals surface area contributed by atoms with Gasteiger partial charge in [-0.05, 0) is 18.2 Å². The molecule has 3 rings (SSSR count). The summed E-state index contributed by atoms with van der Waals surface area (Å²) in [6.45, 7) is -3.14. The number of halogens is 3. The van der Waals surface area contributed by atoms with Crippen LogP contribution in [0.3, 0.4) is 0 Å². The van der Waals surface area contributed by atoms with Gasteiger partial charge in [-0.3, -0.25) is 4.72 Å². The Kier molecular flexibility index (Phi) is 5.35. The zero-order valence-corrected chi connectivity index (χ0v) is 14.8. The molecule has 0 aliphatic heterocycles. The van der Waals surface area contributed by atoms with E-state index >= 15 is 0 Å². The highest BCUT2D eigenvalue weighted by atomic mass is 32.2. The summed E-state index contributed by atoms with van der Waals surface area (Å²) < 4.78 is 67.6. The summed E-state index contributed by atoms with van der Waals surface area (Å²) in [6, 6.07) is 3.96. The Balaban J connectivity index is 1.93. The van der Waals surface area contributed by atoms with Crippen LogP contribution in [-0.2, 0) is 11.0 Å². The third-order valence-corrected chi connectivity index (χ3v) is 4.49. The second-order valence-corrected chi connectivity index (χ2v) is 6.17. The number of H-pyrrole nitrogens is 1. The molecule has 3 aromatic rings. The van der Waals surface area contributed by atoms with Gasteiger partial charge in [0.25, 0.3) is 11.8 Å². The van der Waals surface area contributed by atoms with Crippen LogP contribution in [0.15, 0.2) is 29.3 Å². The molecular formula is C15H13F3N4O4S. The molecule has 0 radical (unpaired) electrons. The van der Waals surface area contributed by atoms with Crippen LogP contribution < -0.4 is 18.9 Å². The third kappa shape index (κ3) is 3.89. The number of aromatic amines is 1. The van der Waals surface area contributed by atoms with Crippen molar-refractivity contribution in [3.63, 3.8) is 0 Å². The molecular weight excluding hydrogens is 389 g/mol. The third-order valence-electron chi connectivity index (χ3n) is 3.39. The maximum atomic E-state index is 13.3. The van der Waals surface area contributed by atoms with Gasteiger partial charge in [0.1, 0.15) is 5.82 Å². The number of rotatable bonds is 7. The first-order chi connectivity index (χ1) is 12.9. The number of nitrogens with one attached hydrogen (secondary N) is 2. The average molecular weight is 402 g/mol. The minimum atomic E-state index is -3.14. The number of benzene rings is 1. The minimum Gasteiger partial charge on any atom is -0.478 e. The van der Waals surface area contributed by atoms with Gasteiger partial charge >= 0.3 is 6.61 Å². The second-order valence-electron chi connectivity index (χ2n) is 4.99. The van der Waals surface area contributed by atoms with Gasteiger partial charge in [-0.1, -0.05) is 0 Å². The lowest BCUT2D eigenvalue weighted by Crippen LogP contribution is -2.12. The lowest BCUT2D eigenvalue weighted by Gasteiger charge is -2.13. The molecule has 0 amide bonds. The largest absolute Gasteiger partial charge is 0.478 e. The summed E-state index contributed by atoms with van der Waals surface area (Å²) in [5, 5.41) is 0.527. The molecule has 1 unspecified atom stereocenters. The van der Waals surface area contributed by atoms with Crippen molar-refractivity contribution >= 4 is 27.8 Å². The van der Waals surface area contributed by atoms with E-state index in [-0.39, 0.29) is 17.7 Å². The molecule has 12 heteroatoms. The van der Waals surface area contributed by atoms with Crippen molar-refractivity contribution in [2.24, 2.45) is 0 Å². The molecule has 0 aliphatic rings. The highest BCUT2D eigenvalue weighted by Crippen LogP contribution is 2.36. The van der Waals surface area contributed by atoms with Gasteiger partial charge in [-0.2, -0.15) is 18.7 Å². The molecule has 8 nitrogen and oxygen atoms in total. The minimum absolute atomic E-state index is 0.208. The molecule has 27 heavy (non-hydrogen) atoms. The average Bonchev–Trinajstić information content (AvgIpc) is 3.05. The summed E-state index contributed by atoms with van der Waals surface area (Å²) in [7, 11) is 0.528. The molecule has 2 N–H and O–H groups in total. The van der Waals surface area contributed by atoms with E-state index in [2.05, 4.69) is 24.4 Å². The van der Waals surface area contributed by atoms with Crippen LogP contribution in [0.25, 0.3) is 10.9 Å². The molecule has 1 aromatic carbocycles. The number of anilines is 1. The van der Waals surface area contributed by atoms with Crippen molar-refractivity contribution in [1.29, 1.82) is 0 Å². The van der Waals surface area contributed by atoms with E-state index in [4.69, 9.17) is 9.47 Å². The van der Waals surface area contributed by atoms with E-state index in [0.717, 1.165) is 0 Å². The number of hydrogen-bond donors (Lipinski definition) is 2. The van der Waals surface area contributed by atoms with Crippen LogP contribution in [0.4, 0.5) is 19.1 Å². The van der Waals surface area contributed by atoms with E-state index in [1.807, 2.05) is 0 Å².